The number of aliphatic hydroxyl groups is 1. The SMILES string of the molecule is CN(C)c1cccc(CNC[C@@H](O)[C@H](Cc2ccccc2)NC(=O)[C@@H]2CN(Cc3ccc(OC(F)(F)F)cc3)C(=O)N2)c1. The van der Waals surface area contributed by atoms with E-state index in [1.165, 1.54) is 29.2 Å². The molecule has 0 unspecified atom stereocenters. The van der Waals surface area contributed by atoms with Crippen LogP contribution in [0.1, 0.15) is 16.7 Å². The van der Waals surface area contributed by atoms with Crippen molar-refractivity contribution in [2.75, 3.05) is 32.1 Å². The zero-order chi connectivity index (χ0) is 31.0. The quantitative estimate of drug-likeness (QED) is 0.240. The van der Waals surface area contributed by atoms with E-state index in [0.29, 0.717) is 18.5 Å². The zero-order valence-electron chi connectivity index (χ0n) is 24.0. The van der Waals surface area contributed by atoms with E-state index in [4.69, 9.17) is 0 Å². The lowest BCUT2D eigenvalue weighted by atomic mass is 10.0. The number of anilines is 1. The fourth-order valence-corrected chi connectivity index (χ4v) is 4.78. The minimum Gasteiger partial charge on any atom is -0.406 e. The molecule has 3 aromatic rings. The molecule has 9 nitrogen and oxygen atoms in total. The van der Waals surface area contributed by atoms with Crippen molar-refractivity contribution >= 4 is 17.6 Å². The highest BCUT2D eigenvalue weighted by Gasteiger charge is 2.35. The Kier molecular flexibility index (Phi) is 10.5. The minimum absolute atomic E-state index is 0.0556. The van der Waals surface area contributed by atoms with Crippen LogP contribution < -0.4 is 25.6 Å². The summed E-state index contributed by atoms with van der Waals surface area (Å²) in [6, 6.07) is 20.7. The summed E-state index contributed by atoms with van der Waals surface area (Å²) >= 11 is 0. The van der Waals surface area contributed by atoms with Gasteiger partial charge in [0.15, 0.2) is 0 Å². The topological polar surface area (TPSA) is 106 Å². The fraction of sp³-hybridized carbons (Fsp3) is 0.355. The van der Waals surface area contributed by atoms with Crippen molar-refractivity contribution < 1.29 is 32.6 Å². The first kappa shape index (κ1) is 31.6. The normalized spacial score (nSPS) is 16.4. The number of nitrogens with one attached hydrogen (secondary N) is 3. The molecule has 3 aromatic carbocycles. The molecule has 0 aliphatic carbocycles. The van der Waals surface area contributed by atoms with Gasteiger partial charge in [-0.05, 0) is 47.4 Å². The van der Waals surface area contributed by atoms with E-state index in [9.17, 15) is 27.9 Å². The molecule has 3 amide bonds. The largest absolute Gasteiger partial charge is 0.573 e. The van der Waals surface area contributed by atoms with Crippen LogP contribution >= 0.6 is 0 Å². The summed E-state index contributed by atoms with van der Waals surface area (Å²) in [7, 11) is 3.93. The van der Waals surface area contributed by atoms with Crippen LogP contribution in [0.25, 0.3) is 0 Å². The molecule has 1 saturated heterocycles. The molecule has 4 rings (SSSR count). The monoisotopic (exact) mass is 599 g/mol. The van der Waals surface area contributed by atoms with Crippen LogP contribution in [0.15, 0.2) is 78.9 Å². The van der Waals surface area contributed by atoms with Crippen LogP contribution in [0.3, 0.4) is 0 Å². The van der Waals surface area contributed by atoms with Gasteiger partial charge < -0.3 is 35.6 Å². The van der Waals surface area contributed by atoms with Gasteiger partial charge in [0.2, 0.25) is 5.91 Å². The van der Waals surface area contributed by atoms with E-state index in [0.717, 1.165) is 16.8 Å². The average molecular weight is 600 g/mol. The van der Waals surface area contributed by atoms with Gasteiger partial charge in [0.25, 0.3) is 0 Å². The first-order chi connectivity index (χ1) is 20.5. The summed E-state index contributed by atoms with van der Waals surface area (Å²) < 4.78 is 41.2. The van der Waals surface area contributed by atoms with Gasteiger partial charge in [-0.2, -0.15) is 0 Å². The van der Waals surface area contributed by atoms with Crippen molar-refractivity contribution in [2.45, 2.75) is 44.1 Å². The van der Waals surface area contributed by atoms with Gasteiger partial charge in [-0.15, -0.1) is 13.2 Å². The van der Waals surface area contributed by atoms with Gasteiger partial charge >= 0.3 is 12.4 Å². The maximum Gasteiger partial charge on any atom is 0.573 e. The fourth-order valence-electron chi connectivity index (χ4n) is 4.78. The number of carbonyl (C=O) groups is 2. The smallest absolute Gasteiger partial charge is 0.406 e. The highest BCUT2D eigenvalue weighted by Crippen LogP contribution is 2.23. The first-order valence-corrected chi connectivity index (χ1v) is 13.9. The van der Waals surface area contributed by atoms with Crippen molar-refractivity contribution in [3.05, 3.63) is 95.6 Å². The lowest BCUT2D eigenvalue weighted by Crippen LogP contribution is -2.53. The number of ether oxygens (including phenoxy) is 1. The third kappa shape index (κ3) is 9.62. The van der Waals surface area contributed by atoms with Gasteiger partial charge in [0, 0.05) is 39.4 Å². The minimum atomic E-state index is -4.79. The van der Waals surface area contributed by atoms with Crippen LogP contribution in [0.2, 0.25) is 0 Å². The Morgan fingerprint density at radius 1 is 1.05 bits per heavy atom. The van der Waals surface area contributed by atoms with E-state index < -0.39 is 36.5 Å². The Labute approximate surface area is 248 Å². The van der Waals surface area contributed by atoms with E-state index in [1.807, 2.05) is 67.5 Å². The number of nitrogens with zero attached hydrogens (tertiary/aromatic N) is 2. The molecule has 1 aliphatic rings. The zero-order valence-corrected chi connectivity index (χ0v) is 24.0. The molecule has 230 valence electrons. The van der Waals surface area contributed by atoms with Gasteiger partial charge in [-0.25, -0.2) is 4.79 Å². The number of amides is 3. The molecule has 0 aromatic heterocycles. The maximum absolute atomic E-state index is 13.3. The summed E-state index contributed by atoms with van der Waals surface area (Å²) in [5.41, 5.74) is 3.62. The standard InChI is InChI=1S/C31H36F3N5O4/c1-38(2)24-10-6-9-23(15-24)17-35-18-28(40)26(16-21-7-4-3-5-8-21)36-29(41)27-20-39(30(42)37-27)19-22-11-13-25(14-12-22)43-31(32,33)34/h3-15,26-28,35,40H,16-20H2,1-2H3,(H,36,41)(H,37,42)/t26-,27-,28+/m0/s1. The summed E-state index contributed by atoms with van der Waals surface area (Å²) in [5, 5.41) is 19.9. The molecular weight excluding hydrogens is 563 g/mol. The highest BCUT2D eigenvalue weighted by atomic mass is 19.4. The number of urea groups is 1. The predicted octanol–water partition coefficient (Wildman–Crippen LogP) is 3.42. The molecule has 12 heteroatoms. The first-order valence-electron chi connectivity index (χ1n) is 13.9. The number of alkyl halides is 3. The number of rotatable bonds is 13. The van der Waals surface area contributed by atoms with Gasteiger partial charge in [-0.3, -0.25) is 4.79 Å². The van der Waals surface area contributed by atoms with Gasteiger partial charge in [0.1, 0.15) is 11.8 Å². The molecule has 1 fully saturated rings. The Morgan fingerprint density at radius 2 is 1.74 bits per heavy atom. The molecule has 0 spiro atoms. The van der Waals surface area contributed by atoms with E-state index in [1.54, 1.807) is 0 Å². The van der Waals surface area contributed by atoms with Crippen LogP contribution in [-0.2, 0) is 24.3 Å². The Morgan fingerprint density at radius 3 is 2.42 bits per heavy atom. The van der Waals surface area contributed by atoms with Crippen molar-refractivity contribution in [3.63, 3.8) is 0 Å². The maximum atomic E-state index is 13.3. The number of hydrogen-bond acceptors (Lipinski definition) is 6. The third-order valence-corrected chi connectivity index (χ3v) is 7.03. The summed E-state index contributed by atoms with van der Waals surface area (Å²) in [6.07, 6.45) is -5.34. The van der Waals surface area contributed by atoms with Crippen LogP contribution in [0, 0.1) is 0 Å². The average Bonchev–Trinajstić information content (AvgIpc) is 3.33. The van der Waals surface area contributed by atoms with Crippen molar-refractivity contribution in [2.24, 2.45) is 0 Å². The van der Waals surface area contributed by atoms with E-state index in [-0.39, 0.29) is 25.4 Å². The van der Waals surface area contributed by atoms with Crippen molar-refractivity contribution in [1.82, 2.24) is 20.9 Å². The lowest BCUT2D eigenvalue weighted by Gasteiger charge is -2.26. The number of aliphatic hydroxyl groups excluding tert-OH is 1. The predicted molar refractivity (Wildman–Crippen MR) is 156 cm³/mol. The number of hydrogen-bond donors (Lipinski definition) is 4. The Balaban J connectivity index is 1.35. The van der Waals surface area contributed by atoms with Crippen LogP contribution in [-0.4, -0.2) is 73.7 Å². The number of halogens is 3. The van der Waals surface area contributed by atoms with Crippen LogP contribution in [0.5, 0.6) is 5.75 Å². The number of carbonyl (C=O) groups excluding carboxylic acids is 2. The third-order valence-electron chi connectivity index (χ3n) is 7.03. The summed E-state index contributed by atoms with van der Waals surface area (Å²) in [5.74, 6) is -0.803. The Bertz CT molecular complexity index is 1360. The molecule has 0 saturated carbocycles. The number of benzene rings is 3. The molecular formula is C31H36F3N5O4. The second-order valence-electron chi connectivity index (χ2n) is 10.6. The summed E-state index contributed by atoms with van der Waals surface area (Å²) in [4.78, 5) is 29.3. The molecule has 3 atom stereocenters. The lowest BCUT2D eigenvalue weighted by molar-refractivity contribution is -0.274. The van der Waals surface area contributed by atoms with E-state index >= 15 is 0 Å². The molecule has 1 aliphatic heterocycles. The highest BCUT2D eigenvalue weighted by molar-refractivity contribution is 5.90. The van der Waals surface area contributed by atoms with Gasteiger partial charge in [0.05, 0.1) is 18.7 Å². The molecule has 1 heterocycles. The molecule has 4 N–H and O–H groups in total. The van der Waals surface area contributed by atoms with Crippen molar-refractivity contribution in [1.29, 1.82) is 0 Å². The van der Waals surface area contributed by atoms with Crippen molar-refractivity contribution in [3.8, 4) is 5.75 Å². The van der Waals surface area contributed by atoms with E-state index in [2.05, 4.69) is 26.8 Å². The Hall–Kier alpha value is -4.29. The van der Waals surface area contributed by atoms with Gasteiger partial charge in [-0.1, -0.05) is 54.6 Å². The molecule has 0 bridgehead atoms. The molecule has 0 radical (unpaired) electrons. The van der Waals surface area contributed by atoms with Crippen LogP contribution in [0.4, 0.5) is 23.7 Å². The molecule has 43 heavy (non-hydrogen) atoms. The summed E-state index contributed by atoms with van der Waals surface area (Å²) in [6.45, 7) is 0.903. The second kappa shape index (κ2) is 14.3. The second-order valence-corrected chi connectivity index (χ2v) is 10.6.